The summed E-state index contributed by atoms with van der Waals surface area (Å²) in [5.74, 6) is 2.38. The second kappa shape index (κ2) is 9.20. The van der Waals surface area contributed by atoms with E-state index in [4.69, 9.17) is 32.7 Å². The van der Waals surface area contributed by atoms with E-state index in [9.17, 15) is 4.79 Å². The van der Waals surface area contributed by atoms with Crippen molar-refractivity contribution in [1.29, 1.82) is 0 Å². The van der Waals surface area contributed by atoms with Gasteiger partial charge in [-0.3, -0.25) is 4.79 Å². The van der Waals surface area contributed by atoms with Crippen molar-refractivity contribution in [2.75, 3.05) is 32.8 Å². The highest BCUT2D eigenvalue weighted by atomic mass is 35.5. The Kier molecular flexibility index (Phi) is 6.43. The maximum absolute atomic E-state index is 12.1. The van der Waals surface area contributed by atoms with Gasteiger partial charge in [-0.1, -0.05) is 23.2 Å². The lowest BCUT2D eigenvalue weighted by Crippen LogP contribution is -2.37. The van der Waals surface area contributed by atoms with E-state index in [1.807, 2.05) is 24.3 Å². The van der Waals surface area contributed by atoms with Crippen LogP contribution in [0.25, 0.3) is 0 Å². The number of hydrogen-bond acceptors (Lipinski definition) is 5. The molecule has 8 heteroatoms. The summed E-state index contributed by atoms with van der Waals surface area (Å²) >= 11 is 11.6. The van der Waals surface area contributed by atoms with E-state index in [1.54, 1.807) is 12.1 Å². The van der Waals surface area contributed by atoms with Gasteiger partial charge >= 0.3 is 0 Å². The fraction of sp³-hybridized carbons (Fsp3) is 0.429. The molecule has 4 rings (SSSR count). The minimum atomic E-state index is -0.0951. The van der Waals surface area contributed by atoms with Gasteiger partial charge in [-0.15, -0.1) is 0 Å². The van der Waals surface area contributed by atoms with Gasteiger partial charge in [0.1, 0.15) is 16.7 Å². The fourth-order valence-electron chi connectivity index (χ4n) is 3.84. The molecule has 1 saturated heterocycles. The highest BCUT2D eigenvalue weighted by molar-refractivity contribution is 6.30. The number of fused-ring (bicyclic) bond motifs is 1. The van der Waals surface area contributed by atoms with Crippen molar-refractivity contribution in [3.05, 3.63) is 52.8 Å². The second-order valence-corrected chi connectivity index (χ2v) is 8.27. The lowest BCUT2D eigenvalue weighted by molar-refractivity contribution is -0.123. The fourth-order valence-corrected chi connectivity index (χ4v) is 4.08. The highest BCUT2D eigenvalue weighted by Crippen LogP contribution is 2.45. The summed E-state index contributed by atoms with van der Waals surface area (Å²) in [7, 11) is 0. The van der Waals surface area contributed by atoms with E-state index < -0.39 is 0 Å². The summed E-state index contributed by atoms with van der Waals surface area (Å²) in [5.41, 5.74) is 0. The minimum absolute atomic E-state index is 0.00893. The molecule has 2 aliphatic rings. The number of nitrogens with one attached hydrogen (secondary N) is 1. The number of aromatic nitrogens is 1. The molecule has 1 amide bonds. The minimum Gasteiger partial charge on any atom is -0.494 e. The van der Waals surface area contributed by atoms with Crippen LogP contribution in [0.1, 0.15) is 6.42 Å². The Morgan fingerprint density at radius 1 is 1.07 bits per heavy atom. The second-order valence-electron chi connectivity index (χ2n) is 7.44. The Balaban J connectivity index is 1.08. The summed E-state index contributed by atoms with van der Waals surface area (Å²) in [6.07, 6.45) is 2.48. The zero-order valence-electron chi connectivity index (χ0n) is 15.9. The van der Waals surface area contributed by atoms with Crippen molar-refractivity contribution < 1.29 is 14.3 Å². The summed E-state index contributed by atoms with van der Waals surface area (Å²) in [5, 5.41) is 4.19. The molecule has 2 fully saturated rings. The van der Waals surface area contributed by atoms with Crippen LogP contribution in [0.3, 0.4) is 0 Å². The van der Waals surface area contributed by atoms with Crippen LogP contribution < -0.4 is 14.8 Å². The van der Waals surface area contributed by atoms with Crippen LogP contribution in [-0.4, -0.2) is 54.7 Å². The van der Waals surface area contributed by atoms with Gasteiger partial charge < -0.3 is 19.7 Å². The number of amides is 1. The molecule has 2 aromatic rings. The number of benzene rings is 1. The van der Waals surface area contributed by atoms with Crippen LogP contribution >= 0.6 is 23.2 Å². The van der Waals surface area contributed by atoms with Crippen LogP contribution in [0.2, 0.25) is 10.2 Å². The number of ether oxygens (including phenoxy) is 2. The first kappa shape index (κ1) is 20.3. The standard InChI is InChI=1S/C21H23Cl2N3O3/c22-14-2-4-15(5-3-14)28-9-1-8-26-11-17-18(12-26)21(17)25-20(27)13-29-16-6-7-19(23)24-10-16/h2-7,10,17-18,21H,1,8-9,11-13H2,(H,25,27)/t17-,18+,21-. The van der Waals surface area contributed by atoms with Gasteiger partial charge in [-0.2, -0.15) is 0 Å². The smallest absolute Gasteiger partial charge is 0.258 e. The molecule has 1 aromatic carbocycles. The van der Waals surface area contributed by atoms with E-state index in [0.717, 1.165) is 31.8 Å². The maximum Gasteiger partial charge on any atom is 0.258 e. The van der Waals surface area contributed by atoms with Gasteiger partial charge in [-0.05, 0) is 54.7 Å². The van der Waals surface area contributed by atoms with E-state index >= 15 is 0 Å². The van der Waals surface area contributed by atoms with Gasteiger partial charge in [0.15, 0.2) is 6.61 Å². The molecule has 0 bridgehead atoms. The first-order chi connectivity index (χ1) is 14.1. The number of rotatable bonds is 9. The van der Waals surface area contributed by atoms with Crippen molar-refractivity contribution >= 4 is 29.1 Å². The molecule has 154 valence electrons. The third kappa shape index (κ3) is 5.53. The summed E-state index contributed by atoms with van der Waals surface area (Å²) < 4.78 is 11.2. The molecule has 1 aliphatic carbocycles. The number of carbonyl (C=O) groups is 1. The van der Waals surface area contributed by atoms with Crippen LogP contribution in [0, 0.1) is 11.8 Å². The van der Waals surface area contributed by atoms with Crippen molar-refractivity contribution in [2.24, 2.45) is 11.8 Å². The third-order valence-electron chi connectivity index (χ3n) is 5.37. The highest BCUT2D eigenvalue weighted by Gasteiger charge is 2.56. The number of carbonyl (C=O) groups excluding carboxylic acids is 1. The number of halogens is 2. The van der Waals surface area contributed by atoms with E-state index in [1.165, 1.54) is 6.20 Å². The molecule has 1 saturated carbocycles. The van der Waals surface area contributed by atoms with Crippen molar-refractivity contribution in [3.8, 4) is 11.5 Å². The predicted molar refractivity (Wildman–Crippen MR) is 112 cm³/mol. The number of nitrogens with zero attached hydrogens (tertiary/aromatic N) is 2. The van der Waals surface area contributed by atoms with E-state index in [2.05, 4.69) is 15.2 Å². The molecule has 1 N–H and O–H groups in total. The Labute approximate surface area is 180 Å². The Morgan fingerprint density at radius 3 is 2.48 bits per heavy atom. The first-order valence-electron chi connectivity index (χ1n) is 9.73. The van der Waals surface area contributed by atoms with Crippen LogP contribution in [0.15, 0.2) is 42.6 Å². The molecule has 1 aromatic heterocycles. The Bertz CT molecular complexity index is 820. The molecular formula is C21H23Cl2N3O3. The summed E-state index contributed by atoms with van der Waals surface area (Å²) in [6, 6.07) is 11.0. The zero-order chi connectivity index (χ0) is 20.2. The largest absolute Gasteiger partial charge is 0.494 e. The molecule has 2 heterocycles. The topological polar surface area (TPSA) is 63.7 Å². The molecule has 3 atom stereocenters. The quantitative estimate of drug-likeness (QED) is 0.483. The average molecular weight is 436 g/mol. The number of hydrogen-bond donors (Lipinski definition) is 1. The molecule has 1 aliphatic heterocycles. The summed E-state index contributed by atoms with van der Waals surface area (Å²) in [6.45, 7) is 3.74. The first-order valence-corrected chi connectivity index (χ1v) is 10.5. The molecule has 29 heavy (non-hydrogen) atoms. The van der Waals surface area contributed by atoms with Gasteiger partial charge in [0.25, 0.3) is 5.91 Å². The normalized spacial score (nSPS) is 22.8. The van der Waals surface area contributed by atoms with E-state index in [0.29, 0.717) is 34.4 Å². The molecular weight excluding hydrogens is 413 g/mol. The predicted octanol–water partition coefficient (Wildman–Crippen LogP) is 3.28. The van der Waals surface area contributed by atoms with Gasteiger partial charge in [0.2, 0.25) is 0 Å². The monoisotopic (exact) mass is 435 g/mol. The number of piperidine rings is 1. The van der Waals surface area contributed by atoms with Crippen LogP contribution in [-0.2, 0) is 4.79 Å². The lowest BCUT2D eigenvalue weighted by Gasteiger charge is -2.20. The van der Waals surface area contributed by atoms with Crippen LogP contribution in [0.4, 0.5) is 0 Å². The van der Waals surface area contributed by atoms with Crippen LogP contribution in [0.5, 0.6) is 11.5 Å². The average Bonchev–Trinajstić information content (AvgIpc) is 3.15. The van der Waals surface area contributed by atoms with Gasteiger partial charge in [0.05, 0.1) is 12.8 Å². The number of pyridine rings is 1. The molecule has 0 unspecified atom stereocenters. The maximum atomic E-state index is 12.1. The molecule has 0 spiro atoms. The lowest BCUT2D eigenvalue weighted by atomic mass is 10.3. The Hall–Kier alpha value is -2.02. The SMILES string of the molecule is O=C(COc1ccc(Cl)nc1)N[C@@H]1[C@@H]2CN(CCCOc3ccc(Cl)cc3)C[C@@H]21. The third-order valence-corrected chi connectivity index (χ3v) is 5.84. The Morgan fingerprint density at radius 2 is 1.79 bits per heavy atom. The van der Waals surface area contributed by atoms with Crippen molar-refractivity contribution in [2.45, 2.75) is 12.5 Å². The van der Waals surface area contributed by atoms with Crippen molar-refractivity contribution in [1.82, 2.24) is 15.2 Å². The number of likely N-dealkylation sites (tertiary alicyclic amines) is 1. The zero-order valence-corrected chi connectivity index (χ0v) is 17.4. The van der Waals surface area contributed by atoms with Gasteiger partial charge in [-0.25, -0.2) is 4.98 Å². The molecule has 0 radical (unpaired) electrons. The van der Waals surface area contributed by atoms with E-state index in [-0.39, 0.29) is 18.6 Å². The van der Waals surface area contributed by atoms with Crippen molar-refractivity contribution in [3.63, 3.8) is 0 Å². The van der Waals surface area contributed by atoms with Gasteiger partial charge in [0, 0.05) is 30.7 Å². The summed E-state index contributed by atoms with van der Waals surface area (Å²) in [4.78, 5) is 18.5. The molecule has 6 nitrogen and oxygen atoms in total.